The van der Waals surface area contributed by atoms with Gasteiger partial charge in [-0.2, -0.15) is 0 Å². The number of hydrogen-bond acceptors (Lipinski definition) is 15. The van der Waals surface area contributed by atoms with Crippen LogP contribution in [0, 0.1) is 0 Å². The van der Waals surface area contributed by atoms with Gasteiger partial charge >= 0.3 is 24.2 Å². The van der Waals surface area contributed by atoms with Gasteiger partial charge in [0.1, 0.15) is 17.2 Å². The lowest BCUT2D eigenvalue weighted by Crippen LogP contribution is -2.38. The second-order valence-electron chi connectivity index (χ2n) is 26.7. The van der Waals surface area contributed by atoms with Crippen molar-refractivity contribution < 1.29 is 79.7 Å². The Kier molecular flexibility index (Phi) is 48.6. The van der Waals surface area contributed by atoms with Crippen molar-refractivity contribution in [2.45, 2.75) is 196 Å². The number of hydrogen-bond donors (Lipinski definition) is 10. The molecule has 0 spiro atoms. The van der Waals surface area contributed by atoms with E-state index >= 15 is 0 Å². The Morgan fingerprint density at radius 1 is 0.324 bits per heavy atom. The summed E-state index contributed by atoms with van der Waals surface area (Å²) in [5.74, 6) is -1.46. The number of carboxylic acid groups (broad SMARTS) is 4. The molecule has 0 aromatic heterocycles. The summed E-state index contributed by atoms with van der Waals surface area (Å²) in [6, 6.07) is 65.8. The third-order valence-electron chi connectivity index (χ3n) is 17.7. The first-order valence-corrected chi connectivity index (χ1v) is 40.1. The van der Waals surface area contributed by atoms with Gasteiger partial charge in [0.25, 0.3) is 0 Å². The van der Waals surface area contributed by atoms with E-state index in [0.29, 0.717) is 64.6 Å². The average molecular weight is 1720 g/mol. The van der Waals surface area contributed by atoms with Crippen LogP contribution in [0.3, 0.4) is 0 Å². The number of carboxylic acids is 2. The predicted octanol–water partition coefficient (Wildman–Crippen LogP) is 19.3. The lowest BCUT2D eigenvalue weighted by molar-refractivity contribution is -0.148. The van der Waals surface area contributed by atoms with Gasteiger partial charge in [-0.25, -0.2) is 19.2 Å². The molecule has 8 aromatic carbocycles. The Hall–Kier alpha value is -8.14. The van der Waals surface area contributed by atoms with Crippen molar-refractivity contribution in [1.82, 2.24) is 14.7 Å². The van der Waals surface area contributed by atoms with Crippen LogP contribution in [0.1, 0.15) is 201 Å². The second-order valence-corrected chi connectivity index (χ2v) is 26.7. The van der Waals surface area contributed by atoms with Crippen LogP contribution in [0.25, 0.3) is 0 Å². The molecule has 5 atom stereocenters. The summed E-state index contributed by atoms with van der Waals surface area (Å²) in [4.78, 5) is 53.1. The van der Waals surface area contributed by atoms with Crippen molar-refractivity contribution in [1.29, 1.82) is 0 Å². The molecule has 0 radical (unpaired) electrons. The fourth-order valence-corrected chi connectivity index (χ4v) is 12.7. The first kappa shape index (κ1) is 97.9. The molecular weight excluding hydrogens is 1600 g/mol. The molecule has 0 amide bonds. The fraction of sp³-hybridized carbons (Fsp3) is 0.402. The van der Waals surface area contributed by atoms with Crippen molar-refractivity contribution in [2.75, 3.05) is 29.5 Å². The third-order valence-corrected chi connectivity index (χ3v) is 17.7. The summed E-state index contributed by atoms with van der Waals surface area (Å²) in [6.07, 6.45) is -3.39. The Morgan fingerprint density at radius 3 is 0.685 bits per heavy atom. The topological polar surface area (TPSA) is 299 Å². The number of phenolic OH excluding ortho intramolecular Hbond substituents is 3. The highest BCUT2D eigenvalue weighted by Crippen LogP contribution is 2.38. The zero-order valence-corrected chi connectivity index (χ0v) is 68.7. The Balaban J connectivity index is 0.000000679. The van der Waals surface area contributed by atoms with E-state index in [0.717, 1.165) is 72.3 Å². The molecule has 592 valence electrons. The molecule has 108 heavy (non-hydrogen) atoms. The summed E-state index contributed by atoms with van der Waals surface area (Å²) in [5, 5.41) is 93.8. The maximum atomic E-state index is 10.6. The molecule has 10 N–H and O–H groups in total. The van der Waals surface area contributed by atoms with Gasteiger partial charge in [-0.15, -0.1) is 0 Å². The van der Waals surface area contributed by atoms with Crippen LogP contribution in [0.4, 0.5) is 9.59 Å². The van der Waals surface area contributed by atoms with Crippen LogP contribution in [-0.4, -0.2) is 156 Å². The molecule has 0 fully saturated rings. The van der Waals surface area contributed by atoms with Crippen LogP contribution >= 0.6 is 45.2 Å². The van der Waals surface area contributed by atoms with Crippen LogP contribution in [-0.2, 0) is 38.9 Å². The minimum atomic E-state index is -1.61. The fourth-order valence-electron chi connectivity index (χ4n) is 12.7. The predicted molar refractivity (Wildman–Crippen MR) is 450 cm³/mol. The smallest absolute Gasteiger partial charge is 0.506 e. The van der Waals surface area contributed by atoms with Gasteiger partial charge in [-0.1, -0.05) is 222 Å². The monoisotopic (exact) mass is 1720 g/mol. The largest absolute Gasteiger partial charge is 0.508 e. The lowest BCUT2D eigenvalue weighted by atomic mass is 9.86. The SMILES string of the molecule is C.CC(C)N(CCC(c1ccccc1)c1cc(CO)ccc1O)C(C)C.CC(C)N(CC[C@H](c1ccccc1)c1cc(CO)ccc1O)C(C)C.CC(C)N(CC[C@H](c1ccccc1)c1cc(CO)ccc1O)C(C)C.CI.CI.O=C(O)O[C@@H](C(=O)O)c1ccccc1.O=C(O)O[C@@H](C(=O)O)c1ccccc1. The van der Waals surface area contributed by atoms with Crippen LogP contribution in [0.15, 0.2) is 206 Å². The molecule has 0 saturated heterocycles. The number of aromatic hydroxyl groups is 3. The Morgan fingerprint density at radius 2 is 0.519 bits per heavy atom. The van der Waals surface area contributed by atoms with Gasteiger partial charge in [0.05, 0.1) is 19.8 Å². The number of halogens is 2. The Labute approximate surface area is 669 Å². The molecule has 1 unspecified atom stereocenters. The Bertz CT molecular complexity index is 3390. The number of aliphatic hydroxyl groups is 3. The van der Waals surface area contributed by atoms with Crippen molar-refractivity contribution in [3.63, 3.8) is 0 Å². The first-order valence-electron chi connectivity index (χ1n) is 35.8. The summed E-state index contributed by atoms with van der Waals surface area (Å²) < 4.78 is 8.43. The molecule has 0 aliphatic heterocycles. The number of benzene rings is 8. The van der Waals surface area contributed by atoms with E-state index in [1.165, 1.54) is 41.0 Å². The number of alkyl halides is 2. The number of aliphatic carboxylic acids is 2. The van der Waals surface area contributed by atoms with Gasteiger partial charge in [0, 0.05) is 81.8 Å². The molecule has 0 aliphatic rings. The lowest BCUT2D eigenvalue weighted by Gasteiger charge is -2.32. The maximum absolute atomic E-state index is 10.6. The van der Waals surface area contributed by atoms with E-state index in [1.54, 1.807) is 72.8 Å². The van der Waals surface area contributed by atoms with Crippen molar-refractivity contribution in [3.8, 4) is 17.2 Å². The molecule has 8 aromatic rings. The highest BCUT2D eigenvalue weighted by molar-refractivity contribution is 14.1. The van der Waals surface area contributed by atoms with E-state index in [4.69, 9.17) is 20.4 Å². The van der Waals surface area contributed by atoms with E-state index in [9.17, 15) is 49.8 Å². The minimum absolute atomic E-state index is 0. The zero-order chi connectivity index (χ0) is 80.3. The molecule has 21 heteroatoms. The number of aliphatic hydroxyl groups excluding tert-OH is 3. The zero-order valence-electron chi connectivity index (χ0n) is 64.4. The van der Waals surface area contributed by atoms with Crippen LogP contribution < -0.4 is 0 Å². The molecule has 0 heterocycles. The van der Waals surface area contributed by atoms with Gasteiger partial charge in [-0.05, 0) is 202 Å². The number of ether oxygens (including phenoxy) is 2. The average Bonchev–Trinajstić information content (AvgIpc) is 0.827. The van der Waals surface area contributed by atoms with Crippen molar-refractivity contribution in [2.24, 2.45) is 0 Å². The summed E-state index contributed by atoms with van der Waals surface area (Å²) in [5.41, 5.74) is 9.35. The van der Waals surface area contributed by atoms with Gasteiger partial charge < -0.3 is 60.5 Å². The minimum Gasteiger partial charge on any atom is -0.508 e. The summed E-state index contributed by atoms with van der Waals surface area (Å²) >= 11 is 4.30. The molecule has 0 bridgehead atoms. The van der Waals surface area contributed by atoms with Crippen LogP contribution in [0.5, 0.6) is 17.2 Å². The van der Waals surface area contributed by atoms with Crippen molar-refractivity contribution in [3.05, 3.63) is 267 Å². The summed E-state index contributed by atoms with van der Waals surface area (Å²) in [6.45, 7) is 29.5. The molecule has 0 aliphatic carbocycles. The van der Waals surface area contributed by atoms with E-state index in [1.807, 2.05) is 82.7 Å². The van der Waals surface area contributed by atoms with Gasteiger partial charge in [0.15, 0.2) is 0 Å². The second kappa shape index (κ2) is 53.6. The quantitative estimate of drug-likeness (QED) is 0.0114. The summed E-state index contributed by atoms with van der Waals surface area (Å²) in [7, 11) is 0. The molecule has 19 nitrogen and oxygen atoms in total. The molecule has 0 saturated carbocycles. The normalized spacial score (nSPS) is 12.1. The number of carbonyl (C=O) groups is 4. The molecule has 8 rings (SSSR count). The molecular formula is C87H119I2N3O16. The highest BCUT2D eigenvalue weighted by atomic mass is 127. The van der Waals surface area contributed by atoms with Gasteiger partial charge in [0.2, 0.25) is 12.2 Å². The first-order chi connectivity index (χ1) is 51.0. The number of rotatable bonds is 30. The van der Waals surface area contributed by atoms with Crippen molar-refractivity contribution >= 4 is 69.4 Å². The third kappa shape index (κ3) is 34.2. The number of nitrogens with zero attached hydrogens (tertiary/aromatic N) is 3. The van der Waals surface area contributed by atoms with E-state index in [2.05, 4.69) is 189 Å². The highest BCUT2D eigenvalue weighted by Gasteiger charge is 2.28. The maximum Gasteiger partial charge on any atom is 0.506 e. The number of phenols is 3. The van der Waals surface area contributed by atoms with Crippen LogP contribution in [0.2, 0.25) is 0 Å². The van der Waals surface area contributed by atoms with E-state index in [-0.39, 0.29) is 45.0 Å². The standard InChI is InChI=1S/3C22H31NO2.2C9H8O5.2CH3I.CH4/c3*1-16(2)23(17(3)4)13-12-20(19-8-6-5-7-9-19)21-14-18(15-24)10-11-22(21)25;2*10-8(11)7(14-9(12)13)6-4-2-1-3-5-6;2*1-2;/h3*5-11,14,16-17,20,24-25H,12-13,15H2,1-4H3;2*1-5,7H,(H,10,11)(H,12,13);2*1H3;1H4/t2*20-;;2*7-;;;/m11.11.../s1. The van der Waals surface area contributed by atoms with Gasteiger partial charge in [-0.3, -0.25) is 14.7 Å². The van der Waals surface area contributed by atoms with E-state index < -0.39 is 36.5 Å².